The van der Waals surface area contributed by atoms with Crippen LogP contribution in [-0.4, -0.2) is 98.1 Å². The second kappa shape index (κ2) is 18.3. The molecule has 69 heavy (non-hydrogen) atoms. The van der Waals surface area contributed by atoms with Crippen LogP contribution in [0.5, 0.6) is 23.0 Å². The highest BCUT2D eigenvalue weighted by Crippen LogP contribution is 2.46. The minimum Gasteiger partial charge on any atom is -0.505 e. The van der Waals surface area contributed by atoms with Gasteiger partial charge in [-0.1, -0.05) is 12.1 Å². The lowest BCUT2D eigenvalue weighted by atomic mass is 10.0. The number of aromatic hydroxyl groups is 2. The van der Waals surface area contributed by atoms with Crippen LogP contribution in [0.3, 0.4) is 0 Å². The van der Waals surface area contributed by atoms with Gasteiger partial charge in [0.1, 0.15) is 50.1 Å². The quantitative estimate of drug-likeness (QED) is 0.0370. The molecule has 0 bridgehead atoms. The molecule has 11 N–H and O–H groups in total. The number of anilines is 6. The number of ether oxygens (including phenoxy) is 2. The Morgan fingerprint density at radius 3 is 1.33 bits per heavy atom. The predicted molar refractivity (Wildman–Crippen MR) is 245 cm³/mol. The number of hydrogen-bond donors (Lipinski definition) is 11. The maximum atomic E-state index is 14.2. The van der Waals surface area contributed by atoms with Gasteiger partial charge in [-0.3, -0.25) is 38.7 Å². The van der Waals surface area contributed by atoms with E-state index in [9.17, 15) is 71.7 Å². The number of hydrazine groups is 1. The number of carbonyl (C=O) groups is 2. The molecule has 0 saturated carbocycles. The maximum Gasteiger partial charge on any atom is 0.296 e. The Bertz CT molecular complexity index is 3740. The van der Waals surface area contributed by atoms with Crippen LogP contribution in [0.4, 0.5) is 34.4 Å². The third kappa shape index (κ3) is 10.2. The molecule has 0 atom stereocenters. The van der Waals surface area contributed by atoms with Crippen LogP contribution < -0.4 is 36.3 Å². The Hall–Kier alpha value is -7.90. The third-order valence-electron chi connectivity index (χ3n) is 9.86. The Morgan fingerprint density at radius 1 is 0.522 bits per heavy atom. The van der Waals surface area contributed by atoms with E-state index in [-0.39, 0.29) is 11.6 Å². The van der Waals surface area contributed by atoms with Crippen LogP contribution >= 0.6 is 0 Å². The fourth-order valence-electron chi connectivity index (χ4n) is 6.84. The summed E-state index contributed by atoms with van der Waals surface area (Å²) in [5, 5.41) is 28.6. The molecule has 0 unspecified atom stereocenters. The van der Waals surface area contributed by atoms with Gasteiger partial charge in [-0.05, 0) is 83.6 Å². The molecule has 7 aromatic rings. The summed E-state index contributed by atoms with van der Waals surface area (Å²) >= 11 is 0. The molecule has 29 heteroatoms. The first-order valence-corrected chi connectivity index (χ1v) is 24.6. The van der Waals surface area contributed by atoms with Crippen molar-refractivity contribution in [3.63, 3.8) is 0 Å². The summed E-state index contributed by atoms with van der Waals surface area (Å²) in [6.07, 6.45) is 2.68. The van der Waals surface area contributed by atoms with Gasteiger partial charge < -0.3 is 35.6 Å². The third-order valence-corrected chi connectivity index (χ3v) is 13.3. The fraction of sp³-hybridized carbons (Fsp3) is 0.0500. The normalized spacial score (nSPS) is 12.0. The van der Waals surface area contributed by atoms with Crippen LogP contribution in [0.1, 0.15) is 20.7 Å². The number of nitrogens with zero attached hydrogens (tertiary/aromatic N) is 2. The maximum absolute atomic E-state index is 14.2. The van der Waals surface area contributed by atoms with E-state index in [1.807, 2.05) is 0 Å². The van der Waals surface area contributed by atoms with E-state index in [0.29, 0.717) is 12.1 Å². The van der Waals surface area contributed by atoms with Crippen LogP contribution in [0.25, 0.3) is 21.5 Å². The van der Waals surface area contributed by atoms with Crippen LogP contribution in [0.15, 0.2) is 117 Å². The molecule has 360 valence electrons. The lowest BCUT2D eigenvalue weighted by molar-refractivity contribution is 0.101. The summed E-state index contributed by atoms with van der Waals surface area (Å²) in [7, 11) is -18.5. The number of methoxy groups -OCH3 is 2. The van der Waals surface area contributed by atoms with Gasteiger partial charge in [0.05, 0.1) is 46.5 Å². The highest BCUT2D eigenvalue weighted by atomic mass is 32.2. The van der Waals surface area contributed by atoms with E-state index in [1.165, 1.54) is 36.7 Å². The van der Waals surface area contributed by atoms with Crippen LogP contribution in [0.2, 0.25) is 0 Å². The van der Waals surface area contributed by atoms with Gasteiger partial charge in [-0.2, -0.15) is 33.7 Å². The first kappa shape index (κ1) is 49.0. The van der Waals surface area contributed by atoms with Crippen molar-refractivity contribution in [2.75, 3.05) is 41.0 Å². The number of aromatic nitrogens is 2. The highest BCUT2D eigenvalue weighted by molar-refractivity contribution is 7.86. The molecule has 7 rings (SSSR count). The molecular weight excluding hydrogens is 995 g/mol. The second-order valence-corrected chi connectivity index (χ2v) is 19.8. The molecule has 0 fully saturated rings. The summed E-state index contributed by atoms with van der Waals surface area (Å²) in [6.45, 7) is 0. The fourth-order valence-corrected chi connectivity index (χ4v) is 9.29. The number of carbonyl (C=O) groups excluding carboxylic acids is 2. The van der Waals surface area contributed by atoms with Crippen molar-refractivity contribution in [3.8, 4) is 23.0 Å². The zero-order valence-corrected chi connectivity index (χ0v) is 38.1. The van der Waals surface area contributed by atoms with Crippen molar-refractivity contribution < 1.29 is 81.2 Å². The molecule has 0 saturated heterocycles. The topological polar surface area (TPSA) is 396 Å². The van der Waals surface area contributed by atoms with Gasteiger partial charge >= 0.3 is 0 Å². The summed E-state index contributed by atoms with van der Waals surface area (Å²) in [4.78, 5) is 32.5. The van der Waals surface area contributed by atoms with E-state index >= 15 is 0 Å². The molecule has 0 aliphatic carbocycles. The molecule has 0 spiro atoms. The number of hydrogen-bond acceptors (Lipinski definition) is 19. The summed E-state index contributed by atoms with van der Waals surface area (Å²) in [6, 6.07) is 15.2. The lowest BCUT2D eigenvalue weighted by Crippen LogP contribution is -2.18. The average molecular weight is 1030 g/mol. The second-order valence-electron chi connectivity index (χ2n) is 14.2. The highest BCUT2D eigenvalue weighted by Gasteiger charge is 2.30. The average Bonchev–Trinajstić information content (AvgIpc) is 3.27. The minimum absolute atomic E-state index is 0.0313. The van der Waals surface area contributed by atoms with E-state index in [1.54, 1.807) is 12.1 Å². The Morgan fingerprint density at radius 2 is 0.942 bits per heavy atom. The summed E-state index contributed by atoms with van der Waals surface area (Å²) in [5.41, 5.74) is 1.52. The summed E-state index contributed by atoms with van der Waals surface area (Å²) < 4.78 is 151. The molecule has 0 aliphatic rings. The van der Waals surface area contributed by atoms with Crippen LogP contribution in [-0.2, 0) is 40.5 Å². The number of benzene rings is 5. The van der Waals surface area contributed by atoms with Gasteiger partial charge in [0.25, 0.3) is 52.3 Å². The molecule has 0 aliphatic heterocycles. The van der Waals surface area contributed by atoms with Gasteiger partial charge in [0.2, 0.25) is 0 Å². The molecule has 0 radical (unpaired) electrons. The van der Waals surface area contributed by atoms with Crippen molar-refractivity contribution in [1.29, 1.82) is 0 Å². The number of fused-ring (bicyclic) bond motifs is 2. The van der Waals surface area contributed by atoms with Gasteiger partial charge in [0.15, 0.2) is 5.75 Å². The van der Waals surface area contributed by atoms with E-state index < -0.39 is 150 Å². The van der Waals surface area contributed by atoms with Gasteiger partial charge in [0, 0.05) is 23.2 Å². The largest absolute Gasteiger partial charge is 0.505 e. The Kier molecular flexibility index (Phi) is 13.0. The molecule has 2 heterocycles. The monoisotopic (exact) mass is 1030 g/mol. The smallest absolute Gasteiger partial charge is 0.296 e. The van der Waals surface area contributed by atoms with Crippen LogP contribution in [0, 0.1) is 0 Å². The zero-order valence-electron chi connectivity index (χ0n) is 34.8. The van der Waals surface area contributed by atoms with Crippen molar-refractivity contribution >= 4 is 108 Å². The van der Waals surface area contributed by atoms with Crippen molar-refractivity contribution in [2.45, 2.75) is 19.6 Å². The molecule has 25 nitrogen and oxygen atoms in total. The molecule has 5 aromatic carbocycles. The number of nitrogens with one attached hydrogen (secondary N) is 5. The first-order valence-electron chi connectivity index (χ1n) is 18.9. The molecular formula is C40H33N7O18S4. The standard InChI is InChI=1S/C40H33N7O18S4/c1-64-27-18-24(40(51)44-26-16-22(67(55,56)57)12-20-14-30(69(61,62)63)36(38(49)34(20)26)47-46-32-8-4-6-10-42-32)28(65-2)17-23(27)39(50)43-25-15-21(66(52,53)54)11-19-13-29(68(58,59)60)35(37(48)33(19)25)45-31-7-3-5-9-41-31/h3-18,47-49H,1-2H3,(H,41,45)(H,42,46)(H,43,50)(H,44,51)(H,52,53,54)(H,55,56,57)(H,58,59,60)(H,61,62,63). The number of pyridine rings is 2. The summed E-state index contributed by atoms with van der Waals surface area (Å²) in [5.74, 6) is -5.04. The minimum atomic E-state index is -5.20. The number of amides is 2. The van der Waals surface area contributed by atoms with Gasteiger partial charge in [-0.25, -0.2) is 9.97 Å². The van der Waals surface area contributed by atoms with Crippen molar-refractivity contribution in [3.05, 3.63) is 108 Å². The van der Waals surface area contributed by atoms with Crippen molar-refractivity contribution in [2.24, 2.45) is 0 Å². The van der Waals surface area contributed by atoms with Gasteiger partial charge in [-0.15, -0.1) is 0 Å². The molecule has 2 amide bonds. The van der Waals surface area contributed by atoms with Crippen molar-refractivity contribution in [1.82, 2.24) is 9.97 Å². The SMILES string of the molecule is COc1cc(C(=O)Nc2cc(S(=O)(=O)O)cc3cc(S(=O)(=O)O)c(Nc4ccccn4)c(O)c23)c(OC)cc1C(=O)Nc1cc(S(=O)(=O)O)cc2cc(S(=O)(=O)O)c(NNc3ccccn3)c(O)c12. The number of rotatable bonds is 15. The van der Waals surface area contributed by atoms with E-state index in [4.69, 9.17) is 9.47 Å². The Labute approximate surface area is 389 Å². The van der Waals surface area contributed by atoms with E-state index in [2.05, 4.69) is 36.8 Å². The number of phenolic OH excluding ortho intramolecular Hbond substituents is 2. The molecule has 2 aromatic heterocycles. The van der Waals surface area contributed by atoms with E-state index in [0.717, 1.165) is 50.6 Å². The lowest BCUT2D eigenvalue weighted by Gasteiger charge is -2.19. The zero-order chi connectivity index (χ0) is 50.4. The predicted octanol–water partition coefficient (Wildman–Crippen LogP) is 4.89. The first-order chi connectivity index (χ1) is 32.3. The number of phenols is 2. The Balaban J connectivity index is 1.33.